The number of primary amides is 1. The summed E-state index contributed by atoms with van der Waals surface area (Å²) in [4.78, 5) is 29.6. The van der Waals surface area contributed by atoms with E-state index in [2.05, 4.69) is 15.5 Å². The van der Waals surface area contributed by atoms with Gasteiger partial charge in [0.1, 0.15) is 0 Å². The van der Waals surface area contributed by atoms with Crippen molar-refractivity contribution >= 4 is 11.8 Å². The van der Waals surface area contributed by atoms with Crippen LogP contribution in [-0.2, 0) is 16.0 Å². The van der Waals surface area contributed by atoms with Gasteiger partial charge in [0.25, 0.3) is 5.89 Å². The molecule has 0 saturated carbocycles. The lowest BCUT2D eigenvalue weighted by atomic mass is 9.97. The molecule has 8 heteroatoms. The molecule has 0 radical (unpaired) electrons. The molecule has 2 aromatic rings. The molecule has 0 aliphatic carbocycles. The second kappa shape index (κ2) is 8.57. The molecule has 1 unspecified atom stereocenters. The van der Waals surface area contributed by atoms with Gasteiger partial charge < -0.3 is 15.6 Å². The fraction of sp³-hybridized carbons (Fsp3) is 0.444. The van der Waals surface area contributed by atoms with Gasteiger partial charge in [-0.25, -0.2) is 0 Å². The number of nitrogens with one attached hydrogen (secondary N) is 1. The van der Waals surface area contributed by atoms with Crippen molar-refractivity contribution < 1.29 is 14.1 Å². The Labute approximate surface area is 151 Å². The highest BCUT2D eigenvalue weighted by Gasteiger charge is 2.26. The highest BCUT2D eigenvalue weighted by molar-refractivity contribution is 5.79. The van der Waals surface area contributed by atoms with Crippen LogP contribution >= 0.6 is 0 Å². The molecule has 1 aromatic heterocycles. The molecule has 8 nitrogen and oxygen atoms in total. The molecule has 1 aliphatic rings. The summed E-state index contributed by atoms with van der Waals surface area (Å²) in [5, 5.41) is 6.87. The van der Waals surface area contributed by atoms with Crippen LogP contribution in [0.2, 0.25) is 0 Å². The number of hydrogen-bond donors (Lipinski definition) is 2. The van der Waals surface area contributed by atoms with Crippen LogP contribution in [0, 0.1) is 5.92 Å². The van der Waals surface area contributed by atoms with Gasteiger partial charge in [0.05, 0.1) is 12.5 Å². The normalized spacial score (nSPS) is 17.8. The molecule has 0 bridgehead atoms. The van der Waals surface area contributed by atoms with E-state index in [0.29, 0.717) is 31.2 Å². The number of likely N-dealkylation sites (tertiary alicyclic amines) is 1. The zero-order valence-corrected chi connectivity index (χ0v) is 14.6. The third-order valence-corrected chi connectivity index (χ3v) is 4.39. The minimum absolute atomic E-state index is 0.00838. The molecule has 3 N–H and O–H groups in total. The molecule has 1 saturated heterocycles. The van der Waals surface area contributed by atoms with Crippen molar-refractivity contribution in [1.82, 2.24) is 20.4 Å². The lowest BCUT2D eigenvalue weighted by Gasteiger charge is -2.30. The zero-order chi connectivity index (χ0) is 18.4. The van der Waals surface area contributed by atoms with E-state index in [1.807, 2.05) is 35.2 Å². The predicted octanol–water partition coefficient (Wildman–Crippen LogP) is 0.593. The summed E-state index contributed by atoms with van der Waals surface area (Å²) in [6, 6.07) is 9.54. The van der Waals surface area contributed by atoms with Crippen LogP contribution in [0.3, 0.4) is 0 Å². The standard InChI is InChI=1S/C18H23N5O3/c19-15(24)12-23-10-4-7-14(11-23)17(25)20-9-8-16-21-18(26-22-16)13-5-2-1-3-6-13/h1-3,5-6,14H,4,7-12H2,(H2,19,24)(H,20,25). The Morgan fingerprint density at radius 3 is 2.88 bits per heavy atom. The van der Waals surface area contributed by atoms with E-state index in [1.54, 1.807) is 0 Å². The van der Waals surface area contributed by atoms with E-state index < -0.39 is 0 Å². The first-order valence-electron chi connectivity index (χ1n) is 8.78. The molecule has 1 aromatic carbocycles. The maximum Gasteiger partial charge on any atom is 0.257 e. The Morgan fingerprint density at radius 2 is 2.12 bits per heavy atom. The largest absolute Gasteiger partial charge is 0.369 e. The quantitative estimate of drug-likeness (QED) is 0.750. The number of hydrogen-bond acceptors (Lipinski definition) is 6. The lowest BCUT2D eigenvalue weighted by Crippen LogP contribution is -2.46. The molecule has 1 fully saturated rings. The Balaban J connectivity index is 1.45. The third kappa shape index (κ3) is 4.89. The molecule has 138 valence electrons. The molecule has 2 heterocycles. The maximum absolute atomic E-state index is 12.3. The number of rotatable bonds is 7. The van der Waals surface area contributed by atoms with Crippen molar-refractivity contribution in [2.24, 2.45) is 11.7 Å². The summed E-state index contributed by atoms with van der Waals surface area (Å²) in [6.07, 6.45) is 2.21. The number of piperidine rings is 1. The monoisotopic (exact) mass is 357 g/mol. The third-order valence-electron chi connectivity index (χ3n) is 4.39. The summed E-state index contributed by atoms with van der Waals surface area (Å²) >= 11 is 0. The maximum atomic E-state index is 12.3. The molecular weight excluding hydrogens is 334 g/mol. The Bertz CT molecular complexity index is 746. The highest BCUT2D eigenvalue weighted by Crippen LogP contribution is 2.17. The lowest BCUT2D eigenvalue weighted by molar-refractivity contribution is -0.128. The van der Waals surface area contributed by atoms with Crippen LogP contribution < -0.4 is 11.1 Å². The number of amides is 2. The average Bonchev–Trinajstić information content (AvgIpc) is 3.11. The minimum Gasteiger partial charge on any atom is -0.369 e. The van der Waals surface area contributed by atoms with Crippen LogP contribution in [0.1, 0.15) is 18.7 Å². The van der Waals surface area contributed by atoms with Gasteiger partial charge in [0.2, 0.25) is 11.8 Å². The van der Waals surface area contributed by atoms with Gasteiger partial charge in [-0.15, -0.1) is 0 Å². The Morgan fingerprint density at radius 1 is 1.31 bits per heavy atom. The Hall–Kier alpha value is -2.74. The fourth-order valence-electron chi connectivity index (χ4n) is 3.13. The van der Waals surface area contributed by atoms with Crippen molar-refractivity contribution in [2.75, 3.05) is 26.2 Å². The summed E-state index contributed by atoms with van der Waals surface area (Å²) in [6.45, 7) is 2.01. The van der Waals surface area contributed by atoms with E-state index in [0.717, 1.165) is 24.9 Å². The van der Waals surface area contributed by atoms with E-state index in [9.17, 15) is 9.59 Å². The minimum atomic E-state index is -0.364. The van der Waals surface area contributed by atoms with Crippen molar-refractivity contribution in [2.45, 2.75) is 19.3 Å². The van der Waals surface area contributed by atoms with Gasteiger partial charge in [0, 0.05) is 25.1 Å². The van der Waals surface area contributed by atoms with E-state index in [1.165, 1.54) is 0 Å². The summed E-state index contributed by atoms with van der Waals surface area (Å²) < 4.78 is 5.25. The van der Waals surface area contributed by atoms with Gasteiger partial charge >= 0.3 is 0 Å². The first-order chi connectivity index (χ1) is 12.6. The topological polar surface area (TPSA) is 114 Å². The first-order valence-corrected chi connectivity index (χ1v) is 8.78. The molecule has 2 amide bonds. The van der Waals surface area contributed by atoms with Gasteiger partial charge in [-0.1, -0.05) is 23.4 Å². The number of carbonyl (C=O) groups is 2. The van der Waals surface area contributed by atoms with E-state index in [-0.39, 0.29) is 24.3 Å². The second-order valence-electron chi connectivity index (χ2n) is 6.46. The van der Waals surface area contributed by atoms with Crippen molar-refractivity contribution in [3.63, 3.8) is 0 Å². The number of benzene rings is 1. The molecule has 0 spiro atoms. The van der Waals surface area contributed by atoms with Crippen LogP contribution in [0.15, 0.2) is 34.9 Å². The highest BCUT2D eigenvalue weighted by atomic mass is 16.5. The number of nitrogens with zero attached hydrogens (tertiary/aromatic N) is 3. The van der Waals surface area contributed by atoms with E-state index >= 15 is 0 Å². The predicted molar refractivity (Wildman–Crippen MR) is 94.8 cm³/mol. The zero-order valence-electron chi connectivity index (χ0n) is 14.6. The second-order valence-corrected chi connectivity index (χ2v) is 6.46. The van der Waals surface area contributed by atoms with Crippen molar-refractivity contribution in [3.8, 4) is 11.5 Å². The van der Waals surface area contributed by atoms with Crippen molar-refractivity contribution in [3.05, 3.63) is 36.2 Å². The van der Waals surface area contributed by atoms with Crippen molar-refractivity contribution in [1.29, 1.82) is 0 Å². The van der Waals surface area contributed by atoms with E-state index in [4.69, 9.17) is 10.3 Å². The summed E-state index contributed by atoms with van der Waals surface area (Å²) in [5.74, 6) is 0.543. The van der Waals surface area contributed by atoms with Crippen LogP contribution in [0.4, 0.5) is 0 Å². The van der Waals surface area contributed by atoms with Crippen LogP contribution in [0.5, 0.6) is 0 Å². The van der Waals surface area contributed by atoms with Crippen LogP contribution in [-0.4, -0.2) is 53.0 Å². The SMILES string of the molecule is NC(=O)CN1CCCC(C(=O)NCCc2noc(-c3ccccc3)n2)C1. The van der Waals surface area contributed by atoms with Gasteiger partial charge in [-0.05, 0) is 31.5 Å². The number of nitrogens with two attached hydrogens (primary N) is 1. The molecular formula is C18H23N5O3. The summed E-state index contributed by atoms with van der Waals surface area (Å²) in [7, 11) is 0. The van der Waals surface area contributed by atoms with Gasteiger partial charge in [-0.2, -0.15) is 4.98 Å². The first kappa shape index (κ1) is 18.1. The molecule has 1 atom stereocenters. The molecule has 3 rings (SSSR count). The smallest absolute Gasteiger partial charge is 0.257 e. The molecule has 26 heavy (non-hydrogen) atoms. The van der Waals surface area contributed by atoms with Gasteiger partial charge in [-0.3, -0.25) is 14.5 Å². The number of aromatic nitrogens is 2. The van der Waals surface area contributed by atoms with Crippen LogP contribution in [0.25, 0.3) is 11.5 Å². The van der Waals surface area contributed by atoms with Gasteiger partial charge in [0.15, 0.2) is 5.82 Å². The number of carbonyl (C=O) groups excluding carboxylic acids is 2. The molecule has 1 aliphatic heterocycles. The Kier molecular flexibility index (Phi) is 5.96. The summed E-state index contributed by atoms with van der Waals surface area (Å²) in [5.41, 5.74) is 6.10. The average molecular weight is 357 g/mol. The fourth-order valence-corrected chi connectivity index (χ4v) is 3.13.